The maximum atomic E-state index is 13.3. The van der Waals surface area contributed by atoms with E-state index in [1.165, 1.54) is 0 Å². The minimum absolute atomic E-state index is 0. The van der Waals surface area contributed by atoms with Crippen molar-refractivity contribution in [2.45, 2.75) is 39.7 Å². The molecule has 1 atom stereocenters. The molecule has 0 radical (unpaired) electrons. The Morgan fingerprint density at radius 3 is 2.35 bits per heavy atom. The molecule has 216 valence electrons. The summed E-state index contributed by atoms with van der Waals surface area (Å²) in [6.07, 6.45) is 0.628. The van der Waals surface area contributed by atoms with Crippen molar-refractivity contribution in [3.05, 3.63) is 70.3 Å². The molecule has 10 heteroatoms. The van der Waals surface area contributed by atoms with Crippen molar-refractivity contribution >= 4 is 47.5 Å². The third-order valence-electron chi connectivity index (χ3n) is 6.23. The van der Waals surface area contributed by atoms with E-state index in [1.54, 1.807) is 24.3 Å². The molecule has 1 heterocycles. The number of nitrogens with zero attached hydrogens (tertiary/aromatic N) is 2. The first-order valence-corrected chi connectivity index (χ1v) is 13.5. The third-order valence-corrected chi connectivity index (χ3v) is 6.88. The lowest BCUT2D eigenvalue weighted by molar-refractivity contribution is -0.138. The van der Waals surface area contributed by atoms with Crippen LogP contribution in [0.2, 0.25) is 10.0 Å². The van der Waals surface area contributed by atoms with Crippen LogP contribution in [0.25, 0.3) is 22.4 Å². The highest BCUT2D eigenvalue weighted by Crippen LogP contribution is 2.38. The predicted molar refractivity (Wildman–Crippen MR) is 164 cm³/mol. The van der Waals surface area contributed by atoms with Crippen molar-refractivity contribution in [3.8, 4) is 28.1 Å². The summed E-state index contributed by atoms with van der Waals surface area (Å²) < 4.78 is 5.98. The Balaban J connectivity index is 0.00000560. The molecule has 2 aromatic carbocycles. The third kappa shape index (κ3) is 9.10. The zero-order chi connectivity index (χ0) is 28.7. The zero-order valence-electron chi connectivity index (χ0n) is 23.3. The number of nitrogens with one attached hydrogen (secondary N) is 1. The number of carbonyl (C=O) groups excluding carboxylic acids is 1. The van der Waals surface area contributed by atoms with Crippen LogP contribution in [0.1, 0.15) is 44.1 Å². The molecule has 0 fully saturated rings. The van der Waals surface area contributed by atoms with Crippen molar-refractivity contribution < 1.29 is 19.4 Å². The Morgan fingerprint density at radius 2 is 1.73 bits per heavy atom. The molecule has 3 aromatic rings. The number of hydrogen-bond acceptors (Lipinski definition) is 5. The topological polar surface area (TPSA) is 91.8 Å². The number of carboxylic acids is 1. The molecule has 0 saturated heterocycles. The number of ether oxygens (including phenoxy) is 1. The van der Waals surface area contributed by atoms with Gasteiger partial charge < -0.3 is 20.1 Å². The molecule has 7 nitrogen and oxygen atoms in total. The van der Waals surface area contributed by atoms with Crippen LogP contribution in [-0.2, 0) is 4.79 Å². The molecule has 1 amide bonds. The van der Waals surface area contributed by atoms with Gasteiger partial charge in [-0.05, 0) is 56.3 Å². The number of hydrogen-bond donors (Lipinski definition) is 2. The fourth-order valence-electron chi connectivity index (χ4n) is 4.01. The Labute approximate surface area is 252 Å². The minimum Gasteiger partial charge on any atom is -0.492 e. The van der Waals surface area contributed by atoms with Crippen LogP contribution in [-0.4, -0.2) is 60.2 Å². The van der Waals surface area contributed by atoms with E-state index in [1.807, 2.05) is 65.2 Å². The van der Waals surface area contributed by atoms with Crippen LogP contribution in [0.3, 0.4) is 0 Å². The van der Waals surface area contributed by atoms with E-state index in [9.17, 15) is 14.7 Å². The number of aromatic nitrogens is 1. The van der Waals surface area contributed by atoms with Gasteiger partial charge in [-0.25, -0.2) is 4.98 Å². The van der Waals surface area contributed by atoms with Gasteiger partial charge in [0.15, 0.2) is 0 Å². The second-order valence-corrected chi connectivity index (χ2v) is 11.5. The van der Waals surface area contributed by atoms with E-state index in [-0.39, 0.29) is 24.5 Å². The van der Waals surface area contributed by atoms with E-state index in [4.69, 9.17) is 32.9 Å². The highest BCUT2D eigenvalue weighted by Gasteiger charge is 2.29. The number of amides is 1. The largest absolute Gasteiger partial charge is 0.492 e. The van der Waals surface area contributed by atoms with Gasteiger partial charge in [0, 0.05) is 34.3 Å². The summed E-state index contributed by atoms with van der Waals surface area (Å²) in [7, 11) is 4.01. The van der Waals surface area contributed by atoms with E-state index in [2.05, 4.69) is 10.2 Å². The van der Waals surface area contributed by atoms with E-state index < -0.39 is 23.3 Å². The van der Waals surface area contributed by atoms with Crippen molar-refractivity contribution in [2.24, 2.45) is 5.41 Å². The van der Waals surface area contributed by atoms with Crippen LogP contribution in [0, 0.1) is 5.41 Å². The molecule has 0 aliphatic heterocycles. The van der Waals surface area contributed by atoms with Gasteiger partial charge in [-0.2, -0.15) is 0 Å². The number of benzene rings is 2. The molecule has 0 unspecified atom stereocenters. The van der Waals surface area contributed by atoms with Gasteiger partial charge in [0.2, 0.25) is 0 Å². The lowest BCUT2D eigenvalue weighted by Gasteiger charge is -2.30. The normalized spacial score (nSPS) is 12.0. The number of carboxylic acid groups (broad SMARTS) is 1. The molecular formula is C30H36Cl3N3O4. The second kappa shape index (κ2) is 14.7. The molecule has 1 aromatic heterocycles. The molecule has 0 aliphatic carbocycles. The van der Waals surface area contributed by atoms with Gasteiger partial charge >= 0.3 is 5.97 Å². The van der Waals surface area contributed by atoms with Crippen molar-refractivity contribution in [1.82, 2.24) is 15.2 Å². The lowest BCUT2D eigenvalue weighted by Crippen LogP contribution is -2.45. The van der Waals surface area contributed by atoms with E-state index >= 15 is 0 Å². The number of carbonyl (C=O) groups is 2. The molecule has 0 spiro atoms. The quantitative estimate of drug-likeness (QED) is 0.226. The zero-order valence-corrected chi connectivity index (χ0v) is 25.7. The van der Waals surface area contributed by atoms with Crippen molar-refractivity contribution in [3.63, 3.8) is 0 Å². The van der Waals surface area contributed by atoms with Gasteiger partial charge in [-0.3, -0.25) is 9.59 Å². The standard InChI is InChI=1S/C30H35Cl2N3O4.ClH/c1-30(2,3)26(18-27(36)37)34-29(38)24-14-12-21(20-9-6-7-10-22(20)31)28(33-24)19-11-13-23(32)25(17-19)39-16-8-15-35(4)5;/h6-7,9-14,17,26H,8,15-16,18H2,1-5H3,(H,34,38)(H,36,37);1H/t26-;/m0./s1. The van der Waals surface area contributed by atoms with Gasteiger partial charge in [0.05, 0.1) is 23.7 Å². The summed E-state index contributed by atoms with van der Waals surface area (Å²) in [5.41, 5.74) is 2.40. The summed E-state index contributed by atoms with van der Waals surface area (Å²) in [5, 5.41) is 13.2. The van der Waals surface area contributed by atoms with Crippen molar-refractivity contribution in [1.29, 1.82) is 0 Å². The van der Waals surface area contributed by atoms with Crippen LogP contribution >= 0.6 is 35.6 Å². The minimum atomic E-state index is -0.989. The molecule has 2 N–H and O–H groups in total. The molecule has 0 saturated carbocycles. The summed E-state index contributed by atoms with van der Waals surface area (Å²) in [6, 6.07) is 15.6. The molecular weight excluding hydrogens is 573 g/mol. The number of pyridine rings is 1. The highest BCUT2D eigenvalue weighted by molar-refractivity contribution is 6.33. The van der Waals surface area contributed by atoms with Gasteiger partial charge in [-0.15, -0.1) is 12.4 Å². The maximum Gasteiger partial charge on any atom is 0.305 e. The SMILES string of the molecule is CN(C)CCCOc1cc(-c2nc(C(=O)N[C@@H](CC(=O)O)C(C)(C)C)ccc2-c2ccccc2Cl)ccc1Cl.Cl. The molecule has 0 bridgehead atoms. The number of halogens is 3. The average molecular weight is 609 g/mol. The van der Waals surface area contributed by atoms with E-state index in [0.29, 0.717) is 33.7 Å². The Morgan fingerprint density at radius 1 is 1.02 bits per heavy atom. The number of rotatable bonds is 11. The first-order valence-electron chi connectivity index (χ1n) is 12.7. The average Bonchev–Trinajstić information content (AvgIpc) is 2.86. The maximum absolute atomic E-state index is 13.3. The fraction of sp³-hybridized carbons (Fsp3) is 0.367. The Bertz CT molecular complexity index is 1330. The second-order valence-electron chi connectivity index (χ2n) is 10.7. The molecule has 40 heavy (non-hydrogen) atoms. The van der Waals surface area contributed by atoms with Gasteiger partial charge in [0.25, 0.3) is 5.91 Å². The molecule has 3 rings (SSSR count). The Kier molecular flexibility index (Phi) is 12.3. The van der Waals surface area contributed by atoms with Gasteiger partial charge in [0.1, 0.15) is 11.4 Å². The molecule has 0 aliphatic rings. The van der Waals surface area contributed by atoms with E-state index in [0.717, 1.165) is 24.1 Å². The van der Waals surface area contributed by atoms with Crippen LogP contribution in [0.5, 0.6) is 5.75 Å². The van der Waals surface area contributed by atoms with Crippen molar-refractivity contribution in [2.75, 3.05) is 27.2 Å². The lowest BCUT2D eigenvalue weighted by atomic mass is 9.84. The summed E-state index contributed by atoms with van der Waals surface area (Å²) in [4.78, 5) is 31.5. The predicted octanol–water partition coefficient (Wildman–Crippen LogP) is 7.09. The summed E-state index contributed by atoms with van der Waals surface area (Å²) >= 11 is 13.0. The number of aliphatic carboxylic acids is 1. The highest BCUT2D eigenvalue weighted by atomic mass is 35.5. The van der Waals surface area contributed by atoms with Gasteiger partial charge in [-0.1, -0.05) is 68.2 Å². The Hall–Kier alpha value is -2.84. The first kappa shape index (κ1) is 33.4. The van der Waals surface area contributed by atoms with Crippen LogP contribution < -0.4 is 10.1 Å². The first-order chi connectivity index (χ1) is 18.4. The smallest absolute Gasteiger partial charge is 0.305 e. The monoisotopic (exact) mass is 607 g/mol. The summed E-state index contributed by atoms with van der Waals surface area (Å²) in [6.45, 7) is 7.02. The van der Waals surface area contributed by atoms with Crippen LogP contribution in [0.15, 0.2) is 54.6 Å². The summed E-state index contributed by atoms with van der Waals surface area (Å²) in [5.74, 6) is -0.932. The fourth-order valence-corrected chi connectivity index (χ4v) is 4.42. The van der Waals surface area contributed by atoms with Crippen LogP contribution in [0.4, 0.5) is 0 Å².